The minimum absolute atomic E-state index is 0.156. The lowest BCUT2D eigenvalue weighted by Crippen LogP contribution is -2.25. The Morgan fingerprint density at radius 1 is 1.59 bits per heavy atom. The molecule has 0 saturated heterocycles. The summed E-state index contributed by atoms with van der Waals surface area (Å²) in [6.07, 6.45) is 4.48. The van der Waals surface area contributed by atoms with E-state index in [0.29, 0.717) is 17.4 Å². The van der Waals surface area contributed by atoms with E-state index in [-0.39, 0.29) is 5.91 Å². The zero-order valence-corrected chi connectivity index (χ0v) is 10.3. The van der Waals surface area contributed by atoms with Crippen molar-refractivity contribution in [1.29, 1.82) is 0 Å². The zero-order chi connectivity index (χ0) is 12.1. The first kappa shape index (κ1) is 11.7. The normalized spacial score (nSPS) is 10.4. The number of nitrogens with one attached hydrogen (secondary N) is 1. The highest BCUT2D eigenvalue weighted by molar-refractivity contribution is 7.07. The van der Waals surface area contributed by atoms with Crippen molar-refractivity contribution >= 4 is 17.4 Å². The van der Waals surface area contributed by atoms with Crippen molar-refractivity contribution in [2.75, 3.05) is 6.54 Å². The second kappa shape index (κ2) is 5.53. The lowest BCUT2D eigenvalue weighted by atomic mass is 10.4. The molecule has 6 nitrogen and oxygen atoms in total. The molecule has 0 saturated carbocycles. The van der Waals surface area contributed by atoms with Gasteiger partial charge in [-0.3, -0.25) is 9.48 Å². The highest BCUT2D eigenvalue weighted by Crippen LogP contribution is 2.02. The molecule has 90 valence electrons. The van der Waals surface area contributed by atoms with Gasteiger partial charge in [0.1, 0.15) is 5.82 Å². The van der Waals surface area contributed by atoms with Gasteiger partial charge in [0.15, 0.2) is 0 Å². The summed E-state index contributed by atoms with van der Waals surface area (Å²) < 4.78 is 5.80. The third kappa shape index (κ3) is 3.35. The number of carbonyl (C=O) groups is 1. The van der Waals surface area contributed by atoms with Gasteiger partial charge in [-0.25, -0.2) is 4.98 Å². The topological polar surface area (TPSA) is 72.7 Å². The van der Waals surface area contributed by atoms with E-state index < -0.39 is 0 Å². The minimum Gasteiger partial charge on any atom is -0.350 e. The van der Waals surface area contributed by atoms with Crippen LogP contribution in [0.1, 0.15) is 22.0 Å². The van der Waals surface area contributed by atoms with Gasteiger partial charge in [-0.2, -0.15) is 9.47 Å². The number of amides is 1. The molecule has 0 bridgehead atoms. The van der Waals surface area contributed by atoms with Crippen LogP contribution in [0, 0.1) is 6.92 Å². The average molecular weight is 251 g/mol. The Morgan fingerprint density at radius 3 is 3.12 bits per heavy atom. The van der Waals surface area contributed by atoms with E-state index in [1.165, 1.54) is 0 Å². The lowest BCUT2D eigenvalue weighted by molar-refractivity contribution is 0.0952. The fourth-order valence-corrected chi connectivity index (χ4v) is 1.93. The molecule has 2 aromatic heterocycles. The van der Waals surface area contributed by atoms with E-state index >= 15 is 0 Å². The molecule has 2 heterocycles. The monoisotopic (exact) mass is 251 g/mol. The number of carbonyl (C=O) groups excluding carboxylic acids is 1. The smallest absolute Gasteiger partial charge is 0.281 e. The summed E-state index contributed by atoms with van der Waals surface area (Å²) in [7, 11) is 0. The van der Waals surface area contributed by atoms with Gasteiger partial charge in [-0.15, -0.1) is 0 Å². The highest BCUT2D eigenvalue weighted by Gasteiger charge is 2.09. The van der Waals surface area contributed by atoms with Crippen LogP contribution in [0.4, 0.5) is 0 Å². The van der Waals surface area contributed by atoms with Crippen LogP contribution >= 0.6 is 11.5 Å². The summed E-state index contributed by atoms with van der Waals surface area (Å²) in [4.78, 5) is 15.6. The van der Waals surface area contributed by atoms with Gasteiger partial charge in [0, 0.05) is 25.5 Å². The van der Waals surface area contributed by atoms with Crippen molar-refractivity contribution in [2.45, 2.75) is 19.9 Å². The maximum Gasteiger partial charge on any atom is 0.281 e. The number of rotatable bonds is 5. The summed E-state index contributed by atoms with van der Waals surface area (Å²) >= 11 is 1.12. The molecule has 2 rings (SSSR count). The van der Waals surface area contributed by atoms with Crippen LogP contribution in [0.5, 0.6) is 0 Å². The van der Waals surface area contributed by atoms with Gasteiger partial charge in [0.2, 0.25) is 5.01 Å². The van der Waals surface area contributed by atoms with Crippen LogP contribution in [0.15, 0.2) is 18.5 Å². The summed E-state index contributed by atoms with van der Waals surface area (Å²) in [6, 6.07) is 1.88. The van der Waals surface area contributed by atoms with Crippen LogP contribution in [-0.2, 0) is 6.54 Å². The molecule has 0 fully saturated rings. The lowest BCUT2D eigenvalue weighted by Gasteiger charge is -2.02. The van der Waals surface area contributed by atoms with Crippen LogP contribution in [0.2, 0.25) is 0 Å². The molecule has 17 heavy (non-hydrogen) atoms. The fraction of sp³-hybridized carbons (Fsp3) is 0.400. The van der Waals surface area contributed by atoms with E-state index in [2.05, 4.69) is 19.8 Å². The zero-order valence-electron chi connectivity index (χ0n) is 9.46. The molecule has 2 aromatic rings. The molecule has 0 atom stereocenters. The molecule has 0 spiro atoms. The summed E-state index contributed by atoms with van der Waals surface area (Å²) in [5, 5.41) is 7.30. The van der Waals surface area contributed by atoms with E-state index in [0.717, 1.165) is 24.5 Å². The summed E-state index contributed by atoms with van der Waals surface area (Å²) in [6.45, 7) is 3.17. The number of aryl methyl sites for hydroxylation is 2. The van der Waals surface area contributed by atoms with Gasteiger partial charge >= 0.3 is 0 Å². The first-order valence-electron chi connectivity index (χ1n) is 5.31. The summed E-state index contributed by atoms with van der Waals surface area (Å²) in [5.41, 5.74) is 0. The van der Waals surface area contributed by atoms with Gasteiger partial charge < -0.3 is 5.32 Å². The second-order valence-corrected chi connectivity index (χ2v) is 4.28. The Labute approximate surface area is 103 Å². The van der Waals surface area contributed by atoms with Crippen LogP contribution in [0.3, 0.4) is 0 Å². The van der Waals surface area contributed by atoms with Gasteiger partial charge in [-0.1, -0.05) is 0 Å². The maximum atomic E-state index is 11.6. The molecular weight excluding hydrogens is 238 g/mol. The first-order chi connectivity index (χ1) is 8.25. The van der Waals surface area contributed by atoms with Gasteiger partial charge in [0.25, 0.3) is 5.91 Å². The molecule has 0 aliphatic heterocycles. The molecule has 0 unspecified atom stereocenters. The highest BCUT2D eigenvalue weighted by atomic mass is 32.1. The van der Waals surface area contributed by atoms with Crippen molar-refractivity contribution in [3.8, 4) is 0 Å². The second-order valence-electron chi connectivity index (χ2n) is 3.53. The third-order valence-corrected chi connectivity index (χ3v) is 2.94. The van der Waals surface area contributed by atoms with Crippen LogP contribution in [0.25, 0.3) is 0 Å². The maximum absolute atomic E-state index is 11.6. The van der Waals surface area contributed by atoms with Crippen molar-refractivity contribution in [2.24, 2.45) is 0 Å². The number of aromatic nitrogens is 4. The van der Waals surface area contributed by atoms with E-state index in [4.69, 9.17) is 0 Å². The Hall–Kier alpha value is -1.76. The molecule has 0 radical (unpaired) electrons. The molecule has 0 aliphatic rings. The Bertz CT molecular complexity index is 479. The van der Waals surface area contributed by atoms with Crippen molar-refractivity contribution in [3.63, 3.8) is 0 Å². The molecular formula is C10H13N5OS. The minimum atomic E-state index is -0.156. The predicted octanol–water partition coefficient (Wildman–Crippen LogP) is 0.863. The summed E-state index contributed by atoms with van der Waals surface area (Å²) in [5.74, 6) is 0.479. The molecule has 1 amide bonds. The van der Waals surface area contributed by atoms with E-state index in [1.54, 1.807) is 13.1 Å². The number of nitrogens with zero attached hydrogens (tertiary/aromatic N) is 4. The fourth-order valence-electron chi connectivity index (χ4n) is 1.34. The quantitative estimate of drug-likeness (QED) is 0.800. The van der Waals surface area contributed by atoms with Crippen molar-refractivity contribution in [3.05, 3.63) is 29.3 Å². The molecule has 0 aliphatic carbocycles. The van der Waals surface area contributed by atoms with E-state index in [1.807, 2.05) is 16.9 Å². The standard InChI is InChI=1S/C10H13N5OS/c1-8-13-10(17-14-8)9(16)11-4-2-6-15-7-3-5-12-15/h3,5,7H,2,4,6H2,1H3,(H,11,16). The Kier molecular flexibility index (Phi) is 3.81. The van der Waals surface area contributed by atoms with Gasteiger partial charge in [0.05, 0.1) is 0 Å². The largest absolute Gasteiger partial charge is 0.350 e. The molecule has 0 aromatic carbocycles. The SMILES string of the molecule is Cc1nsc(C(=O)NCCCn2cccn2)n1. The Morgan fingerprint density at radius 2 is 2.47 bits per heavy atom. The van der Waals surface area contributed by atoms with Crippen molar-refractivity contribution < 1.29 is 4.79 Å². The van der Waals surface area contributed by atoms with Gasteiger partial charge in [-0.05, 0) is 30.9 Å². The molecule has 7 heteroatoms. The molecule has 1 N–H and O–H groups in total. The Balaban J connectivity index is 1.70. The van der Waals surface area contributed by atoms with Crippen molar-refractivity contribution in [1.82, 2.24) is 24.5 Å². The third-order valence-electron chi connectivity index (χ3n) is 2.13. The average Bonchev–Trinajstić information content (AvgIpc) is 2.95. The first-order valence-corrected chi connectivity index (χ1v) is 6.09. The van der Waals surface area contributed by atoms with Crippen LogP contribution in [-0.4, -0.2) is 31.6 Å². The van der Waals surface area contributed by atoms with E-state index in [9.17, 15) is 4.79 Å². The number of hydrogen-bond donors (Lipinski definition) is 1. The predicted molar refractivity (Wildman–Crippen MR) is 63.8 cm³/mol. The number of hydrogen-bond acceptors (Lipinski definition) is 5. The van der Waals surface area contributed by atoms with Crippen LogP contribution < -0.4 is 5.32 Å².